The van der Waals surface area contributed by atoms with Crippen LogP contribution in [-0.2, 0) is 13.1 Å². The van der Waals surface area contributed by atoms with Gasteiger partial charge in [0.25, 0.3) is 0 Å². The topological polar surface area (TPSA) is 12.0 Å². The summed E-state index contributed by atoms with van der Waals surface area (Å²) in [4.78, 5) is 0. The van der Waals surface area contributed by atoms with Gasteiger partial charge in [0.1, 0.15) is 17.5 Å². The van der Waals surface area contributed by atoms with Gasteiger partial charge in [-0.2, -0.15) is 0 Å². The fourth-order valence-corrected chi connectivity index (χ4v) is 2.14. The number of rotatable bonds is 4. The summed E-state index contributed by atoms with van der Waals surface area (Å²) >= 11 is 3.26. The monoisotopic (exact) mass is 329 g/mol. The minimum atomic E-state index is -0.620. The third-order valence-electron chi connectivity index (χ3n) is 2.57. The number of hydrogen-bond acceptors (Lipinski definition) is 1. The van der Waals surface area contributed by atoms with E-state index in [2.05, 4.69) is 21.2 Å². The lowest BCUT2D eigenvalue weighted by Crippen LogP contribution is -2.14. The zero-order chi connectivity index (χ0) is 13.8. The second kappa shape index (κ2) is 6.21. The van der Waals surface area contributed by atoms with Crippen LogP contribution in [0.15, 0.2) is 40.9 Å². The lowest BCUT2D eigenvalue weighted by molar-refractivity contribution is 0.569. The molecule has 5 heteroatoms. The van der Waals surface area contributed by atoms with E-state index in [1.165, 1.54) is 18.2 Å². The van der Waals surface area contributed by atoms with Gasteiger partial charge in [-0.05, 0) is 35.9 Å². The van der Waals surface area contributed by atoms with Crippen LogP contribution in [0.1, 0.15) is 11.1 Å². The summed E-state index contributed by atoms with van der Waals surface area (Å²) in [6.45, 7) is 0.546. The van der Waals surface area contributed by atoms with Crippen molar-refractivity contribution < 1.29 is 13.2 Å². The summed E-state index contributed by atoms with van der Waals surface area (Å²) in [6.07, 6.45) is 0. The lowest BCUT2D eigenvalue weighted by Gasteiger charge is -2.07. The zero-order valence-corrected chi connectivity index (χ0v) is 11.5. The van der Waals surface area contributed by atoms with E-state index >= 15 is 0 Å². The molecule has 0 bridgehead atoms. The summed E-state index contributed by atoms with van der Waals surface area (Å²) < 4.78 is 40.1. The van der Waals surface area contributed by atoms with E-state index in [0.29, 0.717) is 11.1 Å². The minimum Gasteiger partial charge on any atom is -0.309 e. The maximum atomic E-state index is 13.4. The van der Waals surface area contributed by atoms with E-state index < -0.39 is 11.6 Å². The normalized spacial score (nSPS) is 10.7. The maximum absolute atomic E-state index is 13.4. The first-order chi connectivity index (χ1) is 9.04. The van der Waals surface area contributed by atoms with E-state index in [1.54, 1.807) is 12.1 Å². The van der Waals surface area contributed by atoms with Crippen LogP contribution in [0.25, 0.3) is 0 Å². The molecule has 0 fully saturated rings. The molecule has 2 rings (SSSR count). The van der Waals surface area contributed by atoms with Crippen molar-refractivity contribution in [3.05, 3.63) is 69.4 Å². The average molecular weight is 330 g/mol. The molecule has 1 nitrogen and oxygen atoms in total. The molecule has 0 aromatic heterocycles. The van der Waals surface area contributed by atoms with Gasteiger partial charge in [0.15, 0.2) is 0 Å². The van der Waals surface area contributed by atoms with E-state index in [0.717, 1.165) is 10.5 Å². The van der Waals surface area contributed by atoms with Gasteiger partial charge < -0.3 is 5.32 Å². The van der Waals surface area contributed by atoms with E-state index in [1.807, 2.05) is 0 Å². The van der Waals surface area contributed by atoms with Gasteiger partial charge in [-0.25, -0.2) is 13.2 Å². The van der Waals surface area contributed by atoms with Gasteiger partial charge in [-0.15, -0.1) is 0 Å². The summed E-state index contributed by atoms with van der Waals surface area (Å²) in [6, 6.07) is 7.94. The van der Waals surface area contributed by atoms with Crippen molar-refractivity contribution >= 4 is 15.9 Å². The molecule has 0 saturated heterocycles. The van der Waals surface area contributed by atoms with E-state index in [-0.39, 0.29) is 18.9 Å². The molecule has 100 valence electrons. The fourth-order valence-electron chi connectivity index (χ4n) is 1.73. The van der Waals surface area contributed by atoms with Crippen molar-refractivity contribution in [2.45, 2.75) is 13.1 Å². The Morgan fingerprint density at radius 2 is 1.58 bits per heavy atom. The van der Waals surface area contributed by atoms with Crippen LogP contribution < -0.4 is 5.32 Å². The van der Waals surface area contributed by atoms with Gasteiger partial charge in [-0.1, -0.05) is 15.9 Å². The molecule has 2 aromatic carbocycles. The number of benzene rings is 2. The standard InChI is InChI=1S/C14H11BrF3N/c15-11-1-2-14(18)10(5-11)8-19-7-9-3-12(16)6-13(17)4-9/h1-6,19H,7-8H2. The quantitative estimate of drug-likeness (QED) is 0.888. The molecular formula is C14H11BrF3N. The largest absolute Gasteiger partial charge is 0.309 e. The van der Waals surface area contributed by atoms with Crippen LogP contribution in [0.4, 0.5) is 13.2 Å². The van der Waals surface area contributed by atoms with Crippen LogP contribution in [0.2, 0.25) is 0 Å². The minimum absolute atomic E-state index is 0.265. The Morgan fingerprint density at radius 3 is 2.26 bits per heavy atom. The number of nitrogens with one attached hydrogen (secondary N) is 1. The summed E-state index contributed by atoms with van der Waals surface area (Å²) in [5, 5.41) is 2.95. The molecule has 0 atom stereocenters. The van der Waals surface area contributed by atoms with Crippen molar-refractivity contribution in [3.8, 4) is 0 Å². The molecule has 0 unspecified atom stereocenters. The molecule has 19 heavy (non-hydrogen) atoms. The Hall–Kier alpha value is -1.33. The molecular weight excluding hydrogens is 319 g/mol. The van der Waals surface area contributed by atoms with Crippen molar-refractivity contribution in [2.75, 3.05) is 0 Å². The predicted molar refractivity (Wildman–Crippen MR) is 71.0 cm³/mol. The van der Waals surface area contributed by atoms with Crippen LogP contribution in [-0.4, -0.2) is 0 Å². The molecule has 0 amide bonds. The Labute approximate surface area is 117 Å². The molecule has 0 saturated carbocycles. The first-order valence-electron chi connectivity index (χ1n) is 5.64. The summed E-state index contributed by atoms with van der Waals surface area (Å²) in [5.74, 6) is -1.56. The first kappa shape index (κ1) is 14.1. The summed E-state index contributed by atoms with van der Waals surface area (Å²) in [5.41, 5.74) is 0.971. The number of halogens is 4. The molecule has 0 aliphatic heterocycles. The zero-order valence-electron chi connectivity index (χ0n) is 9.89. The van der Waals surface area contributed by atoms with Gasteiger partial charge in [0.2, 0.25) is 0 Å². The molecule has 0 radical (unpaired) electrons. The molecule has 0 heterocycles. The Balaban J connectivity index is 1.98. The Bertz CT molecular complexity index is 567. The SMILES string of the molecule is Fc1cc(F)cc(CNCc2cc(Br)ccc2F)c1. The van der Waals surface area contributed by atoms with E-state index in [4.69, 9.17) is 0 Å². The van der Waals surface area contributed by atoms with Crippen molar-refractivity contribution in [2.24, 2.45) is 0 Å². The highest BCUT2D eigenvalue weighted by Crippen LogP contribution is 2.15. The maximum Gasteiger partial charge on any atom is 0.127 e. The van der Waals surface area contributed by atoms with Crippen LogP contribution >= 0.6 is 15.9 Å². The van der Waals surface area contributed by atoms with Crippen molar-refractivity contribution in [1.29, 1.82) is 0 Å². The average Bonchev–Trinajstić information content (AvgIpc) is 2.32. The molecule has 2 aromatic rings. The van der Waals surface area contributed by atoms with Gasteiger partial charge in [-0.3, -0.25) is 0 Å². The number of hydrogen-bond donors (Lipinski definition) is 1. The van der Waals surface area contributed by atoms with Crippen molar-refractivity contribution in [3.63, 3.8) is 0 Å². The first-order valence-corrected chi connectivity index (χ1v) is 6.43. The third-order valence-corrected chi connectivity index (χ3v) is 3.07. The summed E-state index contributed by atoms with van der Waals surface area (Å²) in [7, 11) is 0. The Morgan fingerprint density at radius 1 is 0.895 bits per heavy atom. The van der Waals surface area contributed by atoms with Gasteiger partial charge in [0.05, 0.1) is 0 Å². The third kappa shape index (κ3) is 4.08. The highest BCUT2D eigenvalue weighted by Gasteiger charge is 2.04. The Kier molecular flexibility index (Phi) is 4.61. The van der Waals surface area contributed by atoms with Crippen LogP contribution in [0, 0.1) is 17.5 Å². The van der Waals surface area contributed by atoms with Crippen LogP contribution in [0.3, 0.4) is 0 Å². The highest BCUT2D eigenvalue weighted by atomic mass is 79.9. The lowest BCUT2D eigenvalue weighted by atomic mass is 10.2. The second-order valence-corrected chi connectivity index (χ2v) is 5.03. The van der Waals surface area contributed by atoms with Crippen molar-refractivity contribution in [1.82, 2.24) is 5.32 Å². The van der Waals surface area contributed by atoms with Gasteiger partial charge >= 0.3 is 0 Å². The molecule has 0 spiro atoms. The van der Waals surface area contributed by atoms with Crippen LogP contribution in [0.5, 0.6) is 0 Å². The predicted octanol–water partition coefficient (Wildman–Crippen LogP) is 4.16. The smallest absolute Gasteiger partial charge is 0.127 e. The second-order valence-electron chi connectivity index (χ2n) is 4.12. The van der Waals surface area contributed by atoms with Gasteiger partial charge in [0, 0.05) is 29.2 Å². The molecule has 1 N–H and O–H groups in total. The highest BCUT2D eigenvalue weighted by molar-refractivity contribution is 9.10. The fraction of sp³-hybridized carbons (Fsp3) is 0.143. The molecule has 0 aliphatic carbocycles. The molecule has 0 aliphatic rings. The van der Waals surface area contributed by atoms with E-state index in [9.17, 15) is 13.2 Å².